The Hall–Kier alpha value is -2.80. The van der Waals surface area contributed by atoms with Crippen molar-refractivity contribution >= 4 is 16.8 Å². The summed E-state index contributed by atoms with van der Waals surface area (Å²) in [5.74, 6) is -0.569. The number of rotatable bonds is 5. The molecule has 7 heteroatoms. The summed E-state index contributed by atoms with van der Waals surface area (Å²) in [6, 6.07) is 5.92. The maximum atomic E-state index is 11.8. The number of aryl methyl sites for hydroxylation is 3. The van der Waals surface area contributed by atoms with Crippen molar-refractivity contribution in [2.75, 3.05) is 6.54 Å². The van der Waals surface area contributed by atoms with E-state index in [9.17, 15) is 4.79 Å². The summed E-state index contributed by atoms with van der Waals surface area (Å²) in [4.78, 5) is 11.8. The molecule has 0 aliphatic carbocycles. The summed E-state index contributed by atoms with van der Waals surface area (Å²) in [7, 11) is 1.92. The lowest BCUT2D eigenvalue weighted by Gasteiger charge is -2.12. The number of nitrogens with zero attached hydrogens (tertiary/aromatic N) is 4. The molecule has 0 atom stereocenters. The largest absolute Gasteiger partial charge is 0.364 e. The van der Waals surface area contributed by atoms with Gasteiger partial charge >= 0.3 is 0 Å². The Labute approximate surface area is 146 Å². The minimum atomic E-state index is -0.569. The van der Waals surface area contributed by atoms with Gasteiger partial charge < -0.3 is 11.5 Å². The summed E-state index contributed by atoms with van der Waals surface area (Å²) in [5, 5.41) is 13.8. The molecule has 2 aromatic heterocycles. The van der Waals surface area contributed by atoms with Gasteiger partial charge in [-0.25, -0.2) is 0 Å². The number of fused-ring (bicyclic) bond motifs is 1. The van der Waals surface area contributed by atoms with E-state index in [1.54, 1.807) is 0 Å². The van der Waals surface area contributed by atoms with Crippen molar-refractivity contribution in [1.82, 2.24) is 20.0 Å². The summed E-state index contributed by atoms with van der Waals surface area (Å²) in [6.07, 6.45) is 1.38. The molecule has 4 N–H and O–H groups in total. The van der Waals surface area contributed by atoms with Crippen molar-refractivity contribution in [1.29, 1.82) is 0 Å². The summed E-state index contributed by atoms with van der Waals surface area (Å²) >= 11 is 0. The van der Waals surface area contributed by atoms with E-state index in [1.165, 1.54) is 0 Å². The molecular formula is C18H22N6O. The van der Waals surface area contributed by atoms with Gasteiger partial charge in [0.1, 0.15) is 5.52 Å². The van der Waals surface area contributed by atoms with Crippen LogP contribution in [0.1, 0.15) is 33.9 Å². The highest BCUT2D eigenvalue weighted by atomic mass is 16.1. The predicted octanol–water partition coefficient (Wildman–Crippen LogP) is 1.64. The van der Waals surface area contributed by atoms with Crippen molar-refractivity contribution in [2.24, 2.45) is 18.5 Å². The fourth-order valence-corrected chi connectivity index (χ4v) is 3.28. The molecule has 0 aliphatic heterocycles. The molecule has 0 spiro atoms. The van der Waals surface area contributed by atoms with E-state index in [0.717, 1.165) is 45.4 Å². The first kappa shape index (κ1) is 17.0. The summed E-state index contributed by atoms with van der Waals surface area (Å²) in [5.41, 5.74) is 16.9. The molecule has 3 aromatic rings. The second kappa shape index (κ2) is 6.60. The lowest BCUT2D eigenvalue weighted by molar-refractivity contribution is 0.0994. The van der Waals surface area contributed by atoms with Crippen LogP contribution in [-0.4, -0.2) is 32.4 Å². The first-order chi connectivity index (χ1) is 12.0. The SMILES string of the molecule is Cc1nn(C)c(C)c1-c1cccc2c(CCCN)c(C(N)=O)nnc12. The smallest absolute Gasteiger partial charge is 0.269 e. The first-order valence-corrected chi connectivity index (χ1v) is 8.24. The summed E-state index contributed by atoms with van der Waals surface area (Å²) < 4.78 is 1.85. The Morgan fingerprint density at radius 2 is 2.00 bits per heavy atom. The highest BCUT2D eigenvalue weighted by Crippen LogP contribution is 2.33. The van der Waals surface area contributed by atoms with E-state index in [2.05, 4.69) is 15.3 Å². The molecule has 130 valence electrons. The third-order valence-electron chi connectivity index (χ3n) is 4.54. The molecule has 0 bridgehead atoms. The fourth-order valence-electron chi connectivity index (χ4n) is 3.28. The van der Waals surface area contributed by atoms with Gasteiger partial charge in [0, 0.05) is 29.3 Å². The molecule has 0 unspecified atom stereocenters. The Kier molecular flexibility index (Phi) is 4.50. The Morgan fingerprint density at radius 1 is 1.24 bits per heavy atom. The van der Waals surface area contributed by atoms with Crippen molar-refractivity contribution in [3.8, 4) is 11.1 Å². The molecule has 3 rings (SSSR count). The van der Waals surface area contributed by atoms with Crippen molar-refractivity contribution in [2.45, 2.75) is 26.7 Å². The Morgan fingerprint density at radius 3 is 2.60 bits per heavy atom. The molecule has 0 fully saturated rings. The fraction of sp³-hybridized carbons (Fsp3) is 0.333. The Bertz CT molecular complexity index is 960. The predicted molar refractivity (Wildman–Crippen MR) is 97.1 cm³/mol. The van der Waals surface area contributed by atoms with Crippen LogP contribution in [0.5, 0.6) is 0 Å². The molecule has 0 aliphatic rings. The van der Waals surface area contributed by atoms with Gasteiger partial charge in [0.2, 0.25) is 0 Å². The van der Waals surface area contributed by atoms with E-state index >= 15 is 0 Å². The summed E-state index contributed by atoms with van der Waals surface area (Å²) in [6.45, 7) is 4.53. The normalized spacial score (nSPS) is 11.2. The van der Waals surface area contributed by atoms with Crippen molar-refractivity contribution in [3.05, 3.63) is 40.8 Å². The van der Waals surface area contributed by atoms with Gasteiger partial charge in [-0.2, -0.15) is 5.10 Å². The van der Waals surface area contributed by atoms with Gasteiger partial charge in [-0.1, -0.05) is 18.2 Å². The highest BCUT2D eigenvalue weighted by Gasteiger charge is 2.19. The Balaban J connectivity index is 2.32. The van der Waals surface area contributed by atoms with Crippen LogP contribution in [0, 0.1) is 13.8 Å². The van der Waals surface area contributed by atoms with Crippen LogP contribution in [0.3, 0.4) is 0 Å². The highest BCUT2D eigenvalue weighted by molar-refractivity contribution is 6.01. The number of benzene rings is 1. The van der Waals surface area contributed by atoms with Crippen LogP contribution in [-0.2, 0) is 13.5 Å². The molecule has 1 amide bonds. The van der Waals surface area contributed by atoms with Crippen molar-refractivity contribution in [3.63, 3.8) is 0 Å². The van der Waals surface area contributed by atoms with Crippen LogP contribution < -0.4 is 11.5 Å². The molecule has 0 saturated heterocycles. The van der Waals surface area contributed by atoms with E-state index in [4.69, 9.17) is 11.5 Å². The molecule has 7 nitrogen and oxygen atoms in total. The number of carbonyl (C=O) groups excluding carboxylic acids is 1. The molecule has 0 saturated carbocycles. The second-order valence-corrected chi connectivity index (χ2v) is 6.15. The van der Waals surface area contributed by atoms with Gasteiger partial charge in [-0.15, -0.1) is 10.2 Å². The maximum Gasteiger partial charge on any atom is 0.269 e. The van der Waals surface area contributed by atoms with E-state index < -0.39 is 5.91 Å². The number of carbonyl (C=O) groups is 1. The van der Waals surface area contributed by atoms with Crippen molar-refractivity contribution < 1.29 is 4.79 Å². The van der Waals surface area contributed by atoms with Crippen LogP contribution in [0.25, 0.3) is 22.0 Å². The maximum absolute atomic E-state index is 11.8. The molecule has 0 radical (unpaired) electrons. The van der Waals surface area contributed by atoms with Gasteiger partial charge in [-0.3, -0.25) is 9.48 Å². The lowest BCUT2D eigenvalue weighted by atomic mass is 9.96. The molecule has 1 aromatic carbocycles. The number of nitrogens with two attached hydrogens (primary N) is 2. The second-order valence-electron chi connectivity index (χ2n) is 6.15. The number of hydrogen-bond acceptors (Lipinski definition) is 5. The number of hydrogen-bond donors (Lipinski definition) is 2. The average Bonchev–Trinajstić information content (AvgIpc) is 2.84. The van der Waals surface area contributed by atoms with E-state index in [0.29, 0.717) is 13.0 Å². The lowest BCUT2D eigenvalue weighted by Crippen LogP contribution is -2.18. The quantitative estimate of drug-likeness (QED) is 0.734. The first-order valence-electron chi connectivity index (χ1n) is 8.24. The number of aromatic nitrogens is 4. The standard InChI is InChI=1S/C18H22N6O/c1-10-15(11(2)24(3)23-10)14-7-4-6-12-13(8-5-9-19)17(18(20)25)22-21-16(12)14/h4,6-7H,5,8-9,19H2,1-3H3,(H2,20,25). The third kappa shape index (κ3) is 2.87. The van der Waals surface area contributed by atoms with Gasteiger partial charge in [0.25, 0.3) is 5.91 Å². The minimum Gasteiger partial charge on any atom is -0.364 e. The molecule has 25 heavy (non-hydrogen) atoms. The molecule has 2 heterocycles. The van der Waals surface area contributed by atoms with E-state index in [1.807, 2.05) is 43.8 Å². The van der Waals surface area contributed by atoms with Crippen LogP contribution >= 0.6 is 0 Å². The number of amides is 1. The average molecular weight is 338 g/mol. The minimum absolute atomic E-state index is 0.220. The van der Waals surface area contributed by atoms with Crippen LogP contribution in [0.4, 0.5) is 0 Å². The zero-order chi connectivity index (χ0) is 18.1. The van der Waals surface area contributed by atoms with Gasteiger partial charge in [0.15, 0.2) is 5.69 Å². The zero-order valence-electron chi connectivity index (χ0n) is 14.7. The van der Waals surface area contributed by atoms with Gasteiger partial charge in [-0.05, 0) is 38.8 Å². The van der Waals surface area contributed by atoms with Gasteiger partial charge in [0.05, 0.1) is 5.69 Å². The van der Waals surface area contributed by atoms with E-state index in [-0.39, 0.29) is 5.69 Å². The molecular weight excluding hydrogens is 316 g/mol. The topological polar surface area (TPSA) is 113 Å². The monoisotopic (exact) mass is 338 g/mol. The third-order valence-corrected chi connectivity index (χ3v) is 4.54. The zero-order valence-corrected chi connectivity index (χ0v) is 14.7. The number of primary amides is 1. The van der Waals surface area contributed by atoms with Crippen LogP contribution in [0.2, 0.25) is 0 Å². The van der Waals surface area contributed by atoms with Crippen LogP contribution in [0.15, 0.2) is 18.2 Å².